The Labute approximate surface area is 205 Å². The smallest absolute Gasteiger partial charge is 0.0546 e. The molecule has 0 amide bonds. The second kappa shape index (κ2) is 7.58. The molecule has 166 valence electrons. The van der Waals surface area contributed by atoms with Gasteiger partial charge in [0.1, 0.15) is 0 Å². The number of fused-ring (bicyclic) bond motifs is 2. The fourth-order valence-electron chi connectivity index (χ4n) is 5.64. The Balaban J connectivity index is 1.67. The second-order valence-electron chi connectivity index (χ2n) is 9.58. The molecule has 0 bridgehead atoms. The summed E-state index contributed by atoms with van der Waals surface area (Å²) in [7, 11) is 0. The molecule has 0 saturated carbocycles. The highest BCUT2D eigenvalue weighted by molar-refractivity contribution is 6.35. The highest BCUT2D eigenvalue weighted by Crippen LogP contribution is 2.47. The maximum atomic E-state index is 2.41. The van der Waals surface area contributed by atoms with Crippen LogP contribution in [0.15, 0.2) is 115 Å². The summed E-state index contributed by atoms with van der Waals surface area (Å²) in [5.41, 5.74) is 6.06. The SMILES string of the molecule is Cc1ccc(N(c2ccc(C)cc2)c2ccc3cccc4c5cccc6cccc(c2c34)c65)cc1. The molecule has 7 aromatic rings. The monoisotopic (exact) mass is 447 g/mol. The van der Waals surface area contributed by atoms with Gasteiger partial charge in [-0.15, -0.1) is 0 Å². The van der Waals surface area contributed by atoms with E-state index in [9.17, 15) is 0 Å². The molecular formula is C34H25N. The van der Waals surface area contributed by atoms with Crippen molar-refractivity contribution in [2.75, 3.05) is 4.90 Å². The zero-order valence-corrected chi connectivity index (χ0v) is 19.9. The first-order valence-electron chi connectivity index (χ1n) is 12.2. The van der Waals surface area contributed by atoms with Crippen LogP contribution in [0.3, 0.4) is 0 Å². The van der Waals surface area contributed by atoms with E-state index in [4.69, 9.17) is 0 Å². The van der Waals surface area contributed by atoms with Gasteiger partial charge in [-0.2, -0.15) is 0 Å². The number of nitrogens with zero attached hydrogens (tertiary/aromatic N) is 1. The summed E-state index contributed by atoms with van der Waals surface area (Å²) < 4.78 is 0. The Morgan fingerprint density at radius 1 is 0.400 bits per heavy atom. The van der Waals surface area contributed by atoms with Gasteiger partial charge in [0.2, 0.25) is 0 Å². The minimum atomic E-state index is 1.17. The van der Waals surface area contributed by atoms with Gasteiger partial charge in [-0.1, -0.05) is 96.1 Å². The van der Waals surface area contributed by atoms with E-state index < -0.39 is 0 Å². The first-order valence-corrected chi connectivity index (χ1v) is 12.2. The van der Waals surface area contributed by atoms with Crippen LogP contribution >= 0.6 is 0 Å². The molecule has 0 aromatic heterocycles. The number of hydrogen-bond donors (Lipinski definition) is 0. The van der Waals surface area contributed by atoms with Crippen molar-refractivity contribution in [1.29, 1.82) is 0 Å². The van der Waals surface area contributed by atoms with Crippen molar-refractivity contribution in [1.82, 2.24) is 0 Å². The van der Waals surface area contributed by atoms with E-state index in [0.29, 0.717) is 0 Å². The molecule has 0 fully saturated rings. The molecule has 0 N–H and O–H groups in total. The van der Waals surface area contributed by atoms with Crippen LogP contribution in [0, 0.1) is 13.8 Å². The van der Waals surface area contributed by atoms with Crippen LogP contribution in [0.5, 0.6) is 0 Å². The summed E-state index contributed by atoms with van der Waals surface area (Å²) in [5, 5.41) is 10.5. The molecule has 0 atom stereocenters. The molecular weight excluding hydrogens is 422 g/mol. The van der Waals surface area contributed by atoms with Crippen LogP contribution in [-0.2, 0) is 0 Å². The summed E-state index contributed by atoms with van der Waals surface area (Å²) in [6.07, 6.45) is 0. The number of aryl methyl sites for hydroxylation is 2. The van der Waals surface area contributed by atoms with Gasteiger partial charge in [0.05, 0.1) is 5.69 Å². The average Bonchev–Trinajstić information content (AvgIpc) is 2.90. The Hall–Kier alpha value is -4.36. The maximum Gasteiger partial charge on any atom is 0.0546 e. The lowest BCUT2D eigenvalue weighted by atomic mass is 9.88. The lowest BCUT2D eigenvalue weighted by Crippen LogP contribution is -2.11. The van der Waals surface area contributed by atoms with Crippen molar-refractivity contribution in [2.45, 2.75) is 13.8 Å². The van der Waals surface area contributed by atoms with E-state index >= 15 is 0 Å². The topological polar surface area (TPSA) is 3.24 Å². The van der Waals surface area contributed by atoms with Crippen molar-refractivity contribution >= 4 is 60.2 Å². The summed E-state index contributed by atoms with van der Waals surface area (Å²) >= 11 is 0. The van der Waals surface area contributed by atoms with Gasteiger partial charge < -0.3 is 4.90 Å². The quantitative estimate of drug-likeness (QED) is 0.192. The van der Waals surface area contributed by atoms with Gasteiger partial charge in [-0.25, -0.2) is 0 Å². The number of anilines is 3. The van der Waals surface area contributed by atoms with Gasteiger partial charge in [-0.05, 0) is 81.9 Å². The summed E-state index contributed by atoms with van der Waals surface area (Å²) in [4.78, 5) is 2.41. The van der Waals surface area contributed by atoms with E-state index in [0.717, 1.165) is 0 Å². The molecule has 0 unspecified atom stereocenters. The summed E-state index contributed by atoms with van der Waals surface area (Å²) in [6.45, 7) is 4.29. The summed E-state index contributed by atoms with van der Waals surface area (Å²) in [6, 6.07) is 42.4. The molecule has 0 aliphatic carbocycles. The molecule has 1 heteroatoms. The zero-order chi connectivity index (χ0) is 23.5. The second-order valence-corrected chi connectivity index (χ2v) is 9.58. The fourth-order valence-corrected chi connectivity index (χ4v) is 5.64. The van der Waals surface area contributed by atoms with Crippen LogP contribution in [0.4, 0.5) is 17.1 Å². The van der Waals surface area contributed by atoms with Crippen LogP contribution in [0.25, 0.3) is 43.1 Å². The molecule has 35 heavy (non-hydrogen) atoms. The molecule has 7 rings (SSSR count). The minimum Gasteiger partial charge on any atom is -0.310 e. The molecule has 7 aromatic carbocycles. The molecule has 0 aliphatic heterocycles. The van der Waals surface area contributed by atoms with Crippen LogP contribution < -0.4 is 4.90 Å². The molecule has 0 radical (unpaired) electrons. The van der Waals surface area contributed by atoms with E-state index in [2.05, 4.69) is 134 Å². The van der Waals surface area contributed by atoms with Crippen LogP contribution in [0.2, 0.25) is 0 Å². The zero-order valence-electron chi connectivity index (χ0n) is 19.9. The third kappa shape index (κ3) is 3.02. The number of benzene rings is 7. The Morgan fingerprint density at radius 3 is 1.46 bits per heavy atom. The molecule has 0 aliphatic rings. The van der Waals surface area contributed by atoms with Crippen molar-refractivity contribution < 1.29 is 0 Å². The molecule has 0 saturated heterocycles. The van der Waals surface area contributed by atoms with Crippen molar-refractivity contribution in [3.63, 3.8) is 0 Å². The van der Waals surface area contributed by atoms with E-state index in [-0.39, 0.29) is 0 Å². The van der Waals surface area contributed by atoms with Crippen LogP contribution in [-0.4, -0.2) is 0 Å². The summed E-state index contributed by atoms with van der Waals surface area (Å²) in [5.74, 6) is 0. The van der Waals surface area contributed by atoms with Crippen molar-refractivity contribution in [3.05, 3.63) is 126 Å². The van der Waals surface area contributed by atoms with Gasteiger partial charge >= 0.3 is 0 Å². The first-order chi connectivity index (χ1) is 17.2. The average molecular weight is 448 g/mol. The molecule has 0 heterocycles. The Morgan fingerprint density at radius 2 is 0.886 bits per heavy atom. The highest BCUT2D eigenvalue weighted by atomic mass is 15.1. The van der Waals surface area contributed by atoms with Gasteiger partial charge in [0, 0.05) is 16.8 Å². The maximum absolute atomic E-state index is 2.41. The number of hydrogen-bond acceptors (Lipinski definition) is 1. The van der Waals surface area contributed by atoms with Gasteiger partial charge in [-0.3, -0.25) is 0 Å². The van der Waals surface area contributed by atoms with Gasteiger partial charge in [0.25, 0.3) is 0 Å². The minimum absolute atomic E-state index is 1.17. The van der Waals surface area contributed by atoms with E-state index in [1.54, 1.807) is 0 Å². The normalized spacial score (nSPS) is 11.7. The lowest BCUT2D eigenvalue weighted by Gasteiger charge is -2.28. The van der Waals surface area contributed by atoms with E-state index in [1.165, 1.54) is 71.3 Å². The number of rotatable bonds is 3. The standard InChI is InChI=1S/C34H25N/c1-22-12-17-26(18-13-22)35(27-19-14-23(2)15-20-27)31-21-16-25-8-4-10-29-28-9-3-6-24-7-5-11-30(32(24)28)34(31)33(25)29/h3-21H,1-2H3. The van der Waals surface area contributed by atoms with Crippen molar-refractivity contribution in [2.24, 2.45) is 0 Å². The molecule has 1 nitrogen and oxygen atoms in total. The Kier molecular flexibility index (Phi) is 4.34. The third-order valence-corrected chi connectivity index (χ3v) is 7.31. The molecule has 0 spiro atoms. The predicted octanol–water partition coefficient (Wildman–Crippen LogP) is 9.82. The third-order valence-electron chi connectivity index (χ3n) is 7.31. The van der Waals surface area contributed by atoms with Crippen molar-refractivity contribution in [3.8, 4) is 0 Å². The first kappa shape index (κ1) is 20.1. The predicted molar refractivity (Wildman–Crippen MR) is 152 cm³/mol. The van der Waals surface area contributed by atoms with E-state index in [1.807, 2.05) is 0 Å². The highest BCUT2D eigenvalue weighted by Gasteiger charge is 2.20. The fraction of sp³-hybridized carbons (Fsp3) is 0.0588. The largest absolute Gasteiger partial charge is 0.310 e. The lowest BCUT2D eigenvalue weighted by molar-refractivity contribution is 1.28. The Bertz CT molecular complexity index is 1790. The van der Waals surface area contributed by atoms with Crippen LogP contribution in [0.1, 0.15) is 11.1 Å². The van der Waals surface area contributed by atoms with Gasteiger partial charge in [0.15, 0.2) is 0 Å².